The molecule has 0 spiro atoms. The summed E-state index contributed by atoms with van der Waals surface area (Å²) in [5.74, 6) is 0.0145. The number of amides is 1. The second-order valence-corrected chi connectivity index (χ2v) is 7.86. The molecule has 0 radical (unpaired) electrons. The van der Waals surface area contributed by atoms with Gasteiger partial charge in [0.2, 0.25) is 0 Å². The van der Waals surface area contributed by atoms with E-state index in [4.69, 9.17) is 9.47 Å². The van der Waals surface area contributed by atoms with Gasteiger partial charge in [-0.25, -0.2) is 0 Å². The van der Waals surface area contributed by atoms with Crippen molar-refractivity contribution in [2.24, 2.45) is 5.10 Å². The Morgan fingerprint density at radius 2 is 1.81 bits per heavy atom. The first-order valence-corrected chi connectivity index (χ1v) is 10.3. The van der Waals surface area contributed by atoms with Gasteiger partial charge in [0.1, 0.15) is 0 Å². The van der Waals surface area contributed by atoms with Gasteiger partial charge in [-0.1, -0.05) is 46.3 Å². The summed E-state index contributed by atoms with van der Waals surface area (Å²) in [4.78, 5) is 24.5. The number of carbonyl (C=O) groups excluding carboxylic acids is 2. The Morgan fingerprint density at radius 3 is 2.52 bits per heavy atom. The van der Waals surface area contributed by atoms with Crippen LogP contribution in [0, 0.1) is 0 Å². The average molecular weight is 479 g/mol. The number of ether oxygens (including phenoxy) is 2. The summed E-state index contributed by atoms with van der Waals surface area (Å²) < 4.78 is 11.2. The molecule has 7 heteroatoms. The second-order valence-electron chi connectivity index (χ2n) is 7.01. The van der Waals surface area contributed by atoms with E-state index in [0.29, 0.717) is 38.5 Å². The number of anilines is 1. The van der Waals surface area contributed by atoms with E-state index >= 15 is 0 Å². The van der Waals surface area contributed by atoms with Crippen LogP contribution in [0.15, 0.2) is 69.7 Å². The molecule has 0 aromatic heterocycles. The lowest BCUT2D eigenvalue weighted by molar-refractivity contribution is -0.132. The van der Waals surface area contributed by atoms with E-state index < -0.39 is 5.97 Å². The molecule has 1 aliphatic rings. The van der Waals surface area contributed by atoms with Gasteiger partial charge in [-0.2, -0.15) is 10.1 Å². The molecule has 0 saturated carbocycles. The SMILES string of the molecule is COc1cc(/C=C2\C(=O)N(c3ccc4ccccc4c3)N=C2C)c(Br)cc1OC(C)=O. The third-order valence-electron chi connectivity index (χ3n) is 4.88. The molecule has 0 bridgehead atoms. The Labute approximate surface area is 187 Å². The summed E-state index contributed by atoms with van der Waals surface area (Å²) in [5, 5.41) is 8.01. The molecule has 3 aromatic carbocycles. The number of benzene rings is 3. The van der Waals surface area contributed by atoms with Gasteiger partial charge in [0.25, 0.3) is 5.91 Å². The lowest BCUT2D eigenvalue weighted by Gasteiger charge is -2.13. The van der Waals surface area contributed by atoms with Crippen molar-refractivity contribution in [1.82, 2.24) is 0 Å². The summed E-state index contributed by atoms with van der Waals surface area (Å²) in [6.45, 7) is 3.12. The number of rotatable bonds is 4. The molecule has 0 atom stereocenters. The molecule has 0 aliphatic carbocycles. The molecule has 1 amide bonds. The number of fused-ring (bicyclic) bond motifs is 1. The maximum Gasteiger partial charge on any atom is 0.308 e. The van der Waals surface area contributed by atoms with Gasteiger partial charge in [-0.15, -0.1) is 0 Å². The third kappa shape index (κ3) is 4.09. The molecule has 31 heavy (non-hydrogen) atoms. The lowest BCUT2D eigenvalue weighted by Crippen LogP contribution is -2.21. The smallest absolute Gasteiger partial charge is 0.308 e. The second kappa shape index (κ2) is 8.35. The van der Waals surface area contributed by atoms with Crippen molar-refractivity contribution in [3.63, 3.8) is 0 Å². The first kappa shape index (κ1) is 20.8. The Balaban J connectivity index is 1.70. The fourth-order valence-electron chi connectivity index (χ4n) is 3.38. The van der Waals surface area contributed by atoms with Crippen LogP contribution < -0.4 is 14.5 Å². The van der Waals surface area contributed by atoms with Gasteiger partial charge in [-0.05, 0) is 53.6 Å². The van der Waals surface area contributed by atoms with Crippen molar-refractivity contribution in [2.45, 2.75) is 13.8 Å². The van der Waals surface area contributed by atoms with Crippen LogP contribution in [0.4, 0.5) is 5.69 Å². The molecule has 4 rings (SSSR count). The number of nitrogens with zero attached hydrogens (tertiary/aromatic N) is 2. The highest BCUT2D eigenvalue weighted by Crippen LogP contribution is 2.36. The third-order valence-corrected chi connectivity index (χ3v) is 5.56. The van der Waals surface area contributed by atoms with Gasteiger partial charge in [0.05, 0.1) is 24.1 Å². The fourth-order valence-corrected chi connectivity index (χ4v) is 3.82. The predicted octanol–water partition coefficient (Wildman–Crippen LogP) is 5.34. The van der Waals surface area contributed by atoms with Gasteiger partial charge in [-0.3, -0.25) is 9.59 Å². The van der Waals surface area contributed by atoms with E-state index in [1.165, 1.54) is 19.0 Å². The van der Waals surface area contributed by atoms with Crippen LogP contribution in [0.5, 0.6) is 11.5 Å². The summed E-state index contributed by atoms with van der Waals surface area (Å²) in [7, 11) is 1.49. The van der Waals surface area contributed by atoms with Crippen LogP contribution in [0.25, 0.3) is 16.8 Å². The van der Waals surface area contributed by atoms with E-state index in [-0.39, 0.29) is 5.91 Å². The molecule has 6 nitrogen and oxygen atoms in total. The quantitative estimate of drug-likeness (QED) is 0.288. The minimum atomic E-state index is -0.448. The van der Waals surface area contributed by atoms with Crippen LogP contribution in [-0.4, -0.2) is 24.7 Å². The van der Waals surface area contributed by atoms with Crippen molar-refractivity contribution >= 4 is 56.1 Å². The van der Waals surface area contributed by atoms with E-state index in [2.05, 4.69) is 21.0 Å². The highest BCUT2D eigenvalue weighted by molar-refractivity contribution is 9.10. The van der Waals surface area contributed by atoms with Crippen molar-refractivity contribution < 1.29 is 19.1 Å². The van der Waals surface area contributed by atoms with E-state index in [1.807, 2.05) is 42.5 Å². The number of esters is 1. The molecule has 0 saturated heterocycles. The number of carbonyl (C=O) groups is 2. The van der Waals surface area contributed by atoms with Crippen molar-refractivity contribution in [2.75, 3.05) is 12.1 Å². The topological polar surface area (TPSA) is 68.2 Å². The zero-order valence-electron chi connectivity index (χ0n) is 17.2. The molecular weight excluding hydrogens is 460 g/mol. The Kier molecular flexibility index (Phi) is 5.61. The first-order chi connectivity index (χ1) is 14.9. The Hall–Kier alpha value is -3.45. The average Bonchev–Trinajstić information content (AvgIpc) is 3.03. The lowest BCUT2D eigenvalue weighted by atomic mass is 10.1. The maximum absolute atomic E-state index is 13.2. The molecule has 0 N–H and O–H groups in total. The van der Waals surface area contributed by atoms with Crippen LogP contribution >= 0.6 is 15.9 Å². The number of halogens is 1. The van der Waals surface area contributed by atoms with Crippen LogP contribution in [0.1, 0.15) is 19.4 Å². The van der Waals surface area contributed by atoms with Crippen molar-refractivity contribution in [3.05, 3.63) is 70.2 Å². The minimum absolute atomic E-state index is 0.220. The number of hydrazone groups is 1. The summed E-state index contributed by atoms with van der Waals surface area (Å²) in [6.07, 6.45) is 1.74. The molecule has 1 heterocycles. The van der Waals surface area contributed by atoms with Crippen LogP contribution in [0.2, 0.25) is 0 Å². The van der Waals surface area contributed by atoms with E-state index in [9.17, 15) is 9.59 Å². The minimum Gasteiger partial charge on any atom is -0.493 e. The van der Waals surface area contributed by atoms with E-state index in [1.54, 1.807) is 25.1 Å². The zero-order chi connectivity index (χ0) is 22.1. The van der Waals surface area contributed by atoms with Gasteiger partial charge in [0, 0.05) is 11.4 Å². The van der Waals surface area contributed by atoms with Crippen LogP contribution in [0.3, 0.4) is 0 Å². The predicted molar refractivity (Wildman–Crippen MR) is 125 cm³/mol. The number of hydrogen-bond donors (Lipinski definition) is 0. The Bertz CT molecular complexity index is 1280. The molecule has 0 fully saturated rings. The van der Waals surface area contributed by atoms with Crippen LogP contribution in [-0.2, 0) is 9.59 Å². The van der Waals surface area contributed by atoms with Gasteiger partial charge in [0.15, 0.2) is 11.5 Å². The molecule has 1 aliphatic heterocycles. The fraction of sp³-hybridized carbons (Fsp3) is 0.125. The normalized spacial score (nSPS) is 14.8. The summed E-state index contributed by atoms with van der Waals surface area (Å²) in [5.41, 5.74) is 2.48. The van der Waals surface area contributed by atoms with Crippen molar-refractivity contribution in [1.29, 1.82) is 0 Å². The first-order valence-electron chi connectivity index (χ1n) is 9.54. The molecule has 0 unspecified atom stereocenters. The number of methoxy groups -OCH3 is 1. The van der Waals surface area contributed by atoms with E-state index in [0.717, 1.165) is 10.8 Å². The zero-order valence-corrected chi connectivity index (χ0v) is 18.8. The van der Waals surface area contributed by atoms with Gasteiger partial charge < -0.3 is 9.47 Å². The molecular formula is C24H19BrN2O4. The monoisotopic (exact) mass is 478 g/mol. The molecule has 156 valence electrons. The summed E-state index contributed by atoms with van der Waals surface area (Å²) in [6, 6.07) is 17.1. The summed E-state index contributed by atoms with van der Waals surface area (Å²) >= 11 is 3.48. The maximum atomic E-state index is 13.2. The van der Waals surface area contributed by atoms with Crippen molar-refractivity contribution in [3.8, 4) is 11.5 Å². The largest absolute Gasteiger partial charge is 0.493 e. The standard InChI is InChI=1S/C24H19BrN2O4/c1-14-20(11-18-12-22(30-3)23(13-21(18)25)31-15(2)28)24(29)27(26-14)19-9-8-16-6-4-5-7-17(16)10-19/h4-13H,1-3H3/b20-11-. The number of hydrogen-bond acceptors (Lipinski definition) is 5. The Morgan fingerprint density at radius 1 is 1.06 bits per heavy atom. The molecule has 3 aromatic rings. The van der Waals surface area contributed by atoms with Gasteiger partial charge >= 0.3 is 5.97 Å². The highest BCUT2D eigenvalue weighted by atomic mass is 79.9. The highest BCUT2D eigenvalue weighted by Gasteiger charge is 2.29.